The highest BCUT2D eigenvalue weighted by Gasteiger charge is 2.32. The molecular formula is C30H32ClN3O6. The molecule has 10 heteroatoms. The van der Waals surface area contributed by atoms with Crippen LogP contribution in [0.25, 0.3) is 0 Å². The summed E-state index contributed by atoms with van der Waals surface area (Å²) in [6, 6.07) is 19.8. The highest BCUT2D eigenvalue weighted by molar-refractivity contribution is 6.30. The first-order chi connectivity index (χ1) is 19.5. The number of benzene rings is 3. The minimum Gasteiger partial charge on any atom is -0.454 e. The largest absolute Gasteiger partial charge is 0.454 e. The number of amides is 3. The van der Waals surface area contributed by atoms with Gasteiger partial charge in [-0.25, -0.2) is 0 Å². The Morgan fingerprint density at radius 2 is 1.73 bits per heavy atom. The van der Waals surface area contributed by atoms with Crippen molar-refractivity contribution in [3.05, 3.63) is 94.5 Å². The summed E-state index contributed by atoms with van der Waals surface area (Å²) >= 11 is 6.13. The van der Waals surface area contributed by atoms with Crippen LogP contribution in [0.5, 0.6) is 11.5 Å². The van der Waals surface area contributed by atoms with Gasteiger partial charge in [0.05, 0.1) is 6.54 Å². The maximum absolute atomic E-state index is 13.7. The standard InChI is InChI=1S/C30H32ClN3O6/c1-2-38-16-6-15-32-30(37)28(22-10-12-24(31)13-11-22)34(19-21-9-14-25-26(17-21)40-20-39-25)27(35)18-33-29(36)23-7-4-3-5-8-23/h3-5,7-14,17,28H,2,6,15-16,18-20H2,1H3,(H,32,37)(H,33,36)/t28-/m0/s1. The van der Waals surface area contributed by atoms with Gasteiger partial charge in [-0.3, -0.25) is 14.4 Å². The second-order valence-electron chi connectivity index (χ2n) is 9.05. The molecule has 0 saturated carbocycles. The third kappa shape index (κ3) is 7.74. The lowest BCUT2D eigenvalue weighted by Crippen LogP contribution is -2.47. The van der Waals surface area contributed by atoms with Gasteiger partial charge < -0.3 is 29.7 Å². The van der Waals surface area contributed by atoms with E-state index >= 15 is 0 Å². The number of nitrogens with zero attached hydrogens (tertiary/aromatic N) is 1. The van der Waals surface area contributed by atoms with E-state index in [0.717, 1.165) is 5.56 Å². The topological polar surface area (TPSA) is 106 Å². The van der Waals surface area contributed by atoms with Crippen molar-refractivity contribution in [1.29, 1.82) is 0 Å². The summed E-state index contributed by atoms with van der Waals surface area (Å²) in [5.41, 5.74) is 1.74. The Bertz CT molecular complexity index is 1300. The van der Waals surface area contributed by atoms with Crippen molar-refractivity contribution in [2.75, 3.05) is 33.1 Å². The monoisotopic (exact) mass is 565 g/mol. The Hall–Kier alpha value is -4.08. The number of fused-ring (bicyclic) bond motifs is 1. The number of hydrogen-bond acceptors (Lipinski definition) is 6. The summed E-state index contributed by atoms with van der Waals surface area (Å²) in [5, 5.41) is 6.12. The van der Waals surface area contributed by atoms with Crippen molar-refractivity contribution in [1.82, 2.24) is 15.5 Å². The molecule has 40 heavy (non-hydrogen) atoms. The Balaban J connectivity index is 1.61. The Kier molecular flexibility index (Phi) is 10.4. The van der Waals surface area contributed by atoms with Gasteiger partial charge in [0, 0.05) is 36.9 Å². The van der Waals surface area contributed by atoms with Gasteiger partial charge >= 0.3 is 0 Å². The third-order valence-corrected chi connectivity index (χ3v) is 6.51. The molecule has 0 unspecified atom stereocenters. The second kappa shape index (κ2) is 14.3. The highest BCUT2D eigenvalue weighted by atomic mass is 35.5. The van der Waals surface area contributed by atoms with E-state index in [1.807, 2.05) is 13.0 Å². The second-order valence-corrected chi connectivity index (χ2v) is 9.49. The normalized spacial score (nSPS) is 12.4. The predicted molar refractivity (Wildman–Crippen MR) is 150 cm³/mol. The van der Waals surface area contributed by atoms with Crippen LogP contribution < -0.4 is 20.1 Å². The number of carbonyl (C=O) groups is 3. The Labute approximate surface area is 238 Å². The molecule has 3 aromatic carbocycles. The van der Waals surface area contributed by atoms with E-state index in [-0.39, 0.29) is 31.7 Å². The molecule has 2 N–H and O–H groups in total. The average Bonchev–Trinajstić information content (AvgIpc) is 3.45. The van der Waals surface area contributed by atoms with E-state index in [1.54, 1.807) is 66.7 Å². The fourth-order valence-electron chi connectivity index (χ4n) is 4.25. The van der Waals surface area contributed by atoms with Gasteiger partial charge in [0.1, 0.15) is 6.04 Å². The van der Waals surface area contributed by atoms with E-state index in [1.165, 1.54) is 4.90 Å². The van der Waals surface area contributed by atoms with Crippen molar-refractivity contribution in [3.8, 4) is 11.5 Å². The van der Waals surface area contributed by atoms with Gasteiger partial charge in [-0.05, 0) is 60.9 Å². The number of ether oxygens (including phenoxy) is 3. The number of halogens is 1. The van der Waals surface area contributed by atoms with E-state index in [2.05, 4.69) is 10.6 Å². The Morgan fingerprint density at radius 1 is 0.975 bits per heavy atom. The molecule has 1 atom stereocenters. The molecule has 0 aliphatic carbocycles. The van der Waals surface area contributed by atoms with Gasteiger partial charge in [-0.1, -0.05) is 48.0 Å². The SMILES string of the molecule is CCOCCCNC(=O)[C@H](c1ccc(Cl)cc1)N(Cc1ccc2c(c1)OCO2)C(=O)CNC(=O)c1ccccc1. The van der Waals surface area contributed by atoms with Crippen LogP contribution >= 0.6 is 11.6 Å². The minimum atomic E-state index is -0.990. The lowest BCUT2D eigenvalue weighted by Gasteiger charge is -2.32. The van der Waals surface area contributed by atoms with Gasteiger partial charge in [0.25, 0.3) is 5.91 Å². The van der Waals surface area contributed by atoms with Crippen LogP contribution in [0.1, 0.15) is 40.9 Å². The molecule has 0 spiro atoms. The molecule has 0 bridgehead atoms. The molecule has 3 amide bonds. The van der Waals surface area contributed by atoms with E-state index < -0.39 is 11.9 Å². The van der Waals surface area contributed by atoms with Crippen molar-refractivity contribution in [2.24, 2.45) is 0 Å². The summed E-state index contributed by atoms with van der Waals surface area (Å²) in [6.07, 6.45) is 0.621. The summed E-state index contributed by atoms with van der Waals surface area (Å²) < 4.78 is 16.3. The Morgan fingerprint density at radius 3 is 2.48 bits per heavy atom. The van der Waals surface area contributed by atoms with Crippen LogP contribution in [-0.4, -0.2) is 55.7 Å². The van der Waals surface area contributed by atoms with Crippen molar-refractivity contribution in [3.63, 3.8) is 0 Å². The zero-order valence-electron chi connectivity index (χ0n) is 22.2. The minimum absolute atomic E-state index is 0.0797. The van der Waals surface area contributed by atoms with Gasteiger partial charge in [-0.2, -0.15) is 0 Å². The van der Waals surface area contributed by atoms with E-state index in [9.17, 15) is 14.4 Å². The van der Waals surface area contributed by atoms with Crippen LogP contribution in [0.2, 0.25) is 5.02 Å². The highest BCUT2D eigenvalue weighted by Crippen LogP contribution is 2.34. The van der Waals surface area contributed by atoms with E-state index in [4.69, 9.17) is 25.8 Å². The van der Waals surface area contributed by atoms with E-state index in [0.29, 0.717) is 53.8 Å². The number of nitrogens with one attached hydrogen (secondary N) is 2. The van der Waals surface area contributed by atoms with Crippen LogP contribution in [0.3, 0.4) is 0 Å². The van der Waals surface area contributed by atoms with Crippen LogP contribution in [0.4, 0.5) is 0 Å². The fourth-order valence-corrected chi connectivity index (χ4v) is 4.38. The van der Waals surface area contributed by atoms with Gasteiger partial charge in [0.15, 0.2) is 11.5 Å². The molecule has 1 aliphatic heterocycles. The zero-order chi connectivity index (χ0) is 28.3. The van der Waals surface area contributed by atoms with Crippen LogP contribution in [0.15, 0.2) is 72.8 Å². The van der Waals surface area contributed by atoms with Gasteiger partial charge in [-0.15, -0.1) is 0 Å². The molecule has 0 aromatic heterocycles. The summed E-state index contributed by atoms with van der Waals surface area (Å²) in [5.74, 6) is -0.0159. The third-order valence-electron chi connectivity index (χ3n) is 6.26. The molecule has 210 valence electrons. The number of rotatable bonds is 13. The quantitative estimate of drug-likeness (QED) is 0.302. The van der Waals surface area contributed by atoms with Crippen LogP contribution in [0, 0.1) is 0 Å². The fraction of sp³-hybridized carbons (Fsp3) is 0.300. The maximum atomic E-state index is 13.7. The summed E-state index contributed by atoms with van der Waals surface area (Å²) in [7, 11) is 0. The average molecular weight is 566 g/mol. The molecular weight excluding hydrogens is 534 g/mol. The molecule has 0 fully saturated rings. The molecule has 0 radical (unpaired) electrons. The first kappa shape index (κ1) is 28.9. The maximum Gasteiger partial charge on any atom is 0.251 e. The van der Waals surface area contributed by atoms with Gasteiger partial charge in [0.2, 0.25) is 18.6 Å². The molecule has 0 saturated heterocycles. The predicted octanol–water partition coefficient (Wildman–Crippen LogP) is 4.11. The molecule has 3 aromatic rings. The van der Waals surface area contributed by atoms with Crippen molar-refractivity contribution < 1.29 is 28.6 Å². The van der Waals surface area contributed by atoms with Crippen LogP contribution in [-0.2, 0) is 20.9 Å². The smallest absolute Gasteiger partial charge is 0.251 e. The zero-order valence-corrected chi connectivity index (χ0v) is 23.0. The first-order valence-electron chi connectivity index (χ1n) is 13.1. The first-order valence-corrected chi connectivity index (χ1v) is 13.5. The number of carbonyl (C=O) groups excluding carboxylic acids is 3. The number of hydrogen-bond donors (Lipinski definition) is 2. The summed E-state index contributed by atoms with van der Waals surface area (Å²) in [4.78, 5) is 41.5. The molecule has 4 rings (SSSR count). The molecule has 1 aliphatic rings. The van der Waals surface area contributed by atoms with Crippen molar-refractivity contribution >= 4 is 29.3 Å². The lowest BCUT2D eigenvalue weighted by atomic mass is 10.0. The molecule has 1 heterocycles. The lowest BCUT2D eigenvalue weighted by molar-refractivity contribution is -0.140. The molecule has 9 nitrogen and oxygen atoms in total. The summed E-state index contributed by atoms with van der Waals surface area (Å²) in [6.45, 7) is 3.27. The van der Waals surface area contributed by atoms with Crippen molar-refractivity contribution in [2.45, 2.75) is 25.9 Å².